The number of hydrogen-bond donors (Lipinski definition) is 0. The van der Waals surface area contributed by atoms with Gasteiger partial charge >= 0.3 is 0 Å². The zero-order valence-corrected chi connectivity index (χ0v) is 12.4. The van der Waals surface area contributed by atoms with Crippen molar-refractivity contribution in [3.63, 3.8) is 0 Å². The third-order valence-electron chi connectivity index (χ3n) is 5.01. The summed E-state index contributed by atoms with van der Waals surface area (Å²) >= 11 is 0. The van der Waals surface area contributed by atoms with Crippen LogP contribution in [0.5, 0.6) is 0 Å². The summed E-state index contributed by atoms with van der Waals surface area (Å²) in [7, 11) is 2.03. The van der Waals surface area contributed by atoms with Crippen molar-refractivity contribution in [2.75, 3.05) is 13.1 Å². The number of carbonyl (C=O) groups excluding carboxylic acids is 1. The minimum atomic E-state index is 0.355. The zero-order valence-electron chi connectivity index (χ0n) is 12.4. The Morgan fingerprint density at radius 2 is 2.15 bits per heavy atom. The Labute approximate surface area is 121 Å². The molecule has 0 bridgehead atoms. The zero-order chi connectivity index (χ0) is 13.9. The van der Waals surface area contributed by atoms with Crippen LogP contribution in [0, 0.1) is 5.92 Å². The molecule has 1 saturated heterocycles. The van der Waals surface area contributed by atoms with Gasteiger partial charge in [0.15, 0.2) is 0 Å². The number of imidazole rings is 1. The molecule has 2 fully saturated rings. The number of carbonyl (C=O) groups is 1. The first-order valence-electron chi connectivity index (χ1n) is 7.99. The molecule has 1 amide bonds. The topological polar surface area (TPSA) is 38.1 Å². The molecule has 20 heavy (non-hydrogen) atoms. The number of aromatic nitrogens is 2. The molecule has 1 aromatic heterocycles. The highest BCUT2D eigenvalue weighted by atomic mass is 16.2. The number of likely N-dealkylation sites (tertiary alicyclic amines) is 1. The first-order chi connectivity index (χ1) is 9.74. The number of rotatable bonds is 4. The third kappa shape index (κ3) is 2.89. The largest absolute Gasteiger partial charge is 0.342 e. The maximum absolute atomic E-state index is 12.3. The minimum Gasteiger partial charge on any atom is -0.342 e. The van der Waals surface area contributed by atoms with Crippen molar-refractivity contribution in [1.82, 2.24) is 14.5 Å². The van der Waals surface area contributed by atoms with Gasteiger partial charge in [-0.2, -0.15) is 0 Å². The summed E-state index contributed by atoms with van der Waals surface area (Å²) < 4.78 is 2.08. The third-order valence-corrected chi connectivity index (χ3v) is 5.01. The van der Waals surface area contributed by atoms with Crippen molar-refractivity contribution in [2.24, 2.45) is 13.0 Å². The quantitative estimate of drug-likeness (QED) is 0.847. The molecule has 1 saturated carbocycles. The van der Waals surface area contributed by atoms with Crippen molar-refractivity contribution >= 4 is 5.91 Å². The van der Waals surface area contributed by atoms with Crippen LogP contribution in [-0.4, -0.2) is 33.4 Å². The fourth-order valence-corrected chi connectivity index (χ4v) is 3.75. The molecule has 2 aliphatic rings. The summed E-state index contributed by atoms with van der Waals surface area (Å²) in [5.74, 6) is 2.71. The van der Waals surface area contributed by atoms with Gasteiger partial charge in [0.2, 0.25) is 5.91 Å². The Morgan fingerprint density at radius 3 is 2.85 bits per heavy atom. The first kappa shape index (κ1) is 13.7. The summed E-state index contributed by atoms with van der Waals surface area (Å²) in [6.45, 7) is 1.76. The van der Waals surface area contributed by atoms with Crippen LogP contribution < -0.4 is 0 Å². The van der Waals surface area contributed by atoms with Crippen molar-refractivity contribution < 1.29 is 4.79 Å². The highest BCUT2D eigenvalue weighted by Crippen LogP contribution is 2.30. The van der Waals surface area contributed by atoms with Crippen LogP contribution in [0.1, 0.15) is 56.7 Å². The molecule has 1 aliphatic heterocycles. The van der Waals surface area contributed by atoms with Gasteiger partial charge in [-0.3, -0.25) is 4.79 Å². The number of hydrogen-bond acceptors (Lipinski definition) is 2. The van der Waals surface area contributed by atoms with E-state index in [-0.39, 0.29) is 0 Å². The second-order valence-electron chi connectivity index (χ2n) is 6.41. The van der Waals surface area contributed by atoms with E-state index in [0.717, 1.165) is 44.1 Å². The normalized spacial score (nSPS) is 23.6. The van der Waals surface area contributed by atoms with E-state index in [2.05, 4.69) is 9.55 Å². The Kier molecular flexibility index (Phi) is 4.08. The molecule has 0 spiro atoms. The standard InChI is InChI=1S/C16H25N3O/c1-18-11-9-17-16(18)14-8-10-19(12-14)15(20)7-6-13-4-2-3-5-13/h9,11,13-14H,2-8,10,12H2,1H3. The summed E-state index contributed by atoms with van der Waals surface area (Å²) in [5, 5.41) is 0. The molecule has 0 N–H and O–H groups in total. The van der Waals surface area contributed by atoms with Crippen molar-refractivity contribution in [1.29, 1.82) is 0 Å². The number of amides is 1. The fraction of sp³-hybridized carbons (Fsp3) is 0.750. The van der Waals surface area contributed by atoms with Crippen LogP contribution >= 0.6 is 0 Å². The first-order valence-corrected chi connectivity index (χ1v) is 7.99. The number of aryl methyl sites for hydroxylation is 1. The molecule has 2 heterocycles. The van der Waals surface area contributed by atoms with E-state index in [1.807, 2.05) is 24.3 Å². The van der Waals surface area contributed by atoms with Crippen LogP contribution in [0.4, 0.5) is 0 Å². The Hall–Kier alpha value is -1.32. The Bertz CT molecular complexity index is 462. The van der Waals surface area contributed by atoms with E-state index in [1.165, 1.54) is 25.7 Å². The lowest BCUT2D eigenvalue weighted by atomic mass is 10.0. The molecule has 3 rings (SSSR count). The van der Waals surface area contributed by atoms with E-state index in [9.17, 15) is 4.79 Å². The molecule has 1 unspecified atom stereocenters. The number of nitrogens with zero attached hydrogens (tertiary/aromatic N) is 3. The summed E-state index contributed by atoms with van der Waals surface area (Å²) in [6, 6.07) is 0. The van der Waals surface area contributed by atoms with Crippen LogP contribution in [-0.2, 0) is 11.8 Å². The van der Waals surface area contributed by atoms with E-state index in [4.69, 9.17) is 0 Å². The predicted molar refractivity (Wildman–Crippen MR) is 78.3 cm³/mol. The van der Waals surface area contributed by atoms with Crippen LogP contribution in [0.2, 0.25) is 0 Å². The summed E-state index contributed by atoms with van der Waals surface area (Å²) in [5.41, 5.74) is 0. The smallest absolute Gasteiger partial charge is 0.222 e. The van der Waals surface area contributed by atoms with E-state index in [0.29, 0.717) is 11.8 Å². The predicted octanol–water partition coefficient (Wildman–Crippen LogP) is 2.71. The SMILES string of the molecule is Cn1ccnc1C1CCN(C(=O)CCC2CCCC2)C1. The van der Waals surface area contributed by atoms with Gasteiger partial charge in [0.05, 0.1) is 0 Å². The van der Waals surface area contributed by atoms with Gasteiger partial charge in [0.1, 0.15) is 5.82 Å². The van der Waals surface area contributed by atoms with Gasteiger partial charge < -0.3 is 9.47 Å². The minimum absolute atomic E-state index is 0.355. The average Bonchev–Trinajstić information content (AvgIpc) is 3.16. The van der Waals surface area contributed by atoms with Gasteiger partial charge in [-0.05, 0) is 18.8 Å². The average molecular weight is 275 g/mol. The van der Waals surface area contributed by atoms with E-state index in [1.54, 1.807) is 0 Å². The highest BCUT2D eigenvalue weighted by Gasteiger charge is 2.29. The molecule has 1 aliphatic carbocycles. The molecule has 0 radical (unpaired) electrons. The van der Waals surface area contributed by atoms with Crippen LogP contribution in [0.15, 0.2) is 12.4 Å². The molecule has 110 valence electrons. The maximum Gasteiger partial charge on any atom is 0.222 e. The summed E-state index contributed by atoms with van der Waals surface area (Å²) in [4.78, 5) is 18.8. The Morgan fingerprint density at radius 1 is 1.35 bits per heavy atom. The van der Waals surface area contributed by atoms with Gasteiger partial charge in [-0.15, -0.1) is 0 Å². The molecular weight excluding hydrogens is 250 g/mol. The van der Waals surface area contributed by atoms with Crippen molar-refractivity contribution in [2.45, 2.75) is 50.9 Å². The molecule has 4 heteroatoms. The molecular formula is C16H25N3O. The van der Waals surface area contributed by atoms with Gasteiger partial charge in [0.25, 0.3) is 0 Å². The van der Waals surface area contributed by atoms with Crippen molar-refractivity contribution in [3.05, 3.63) is 18.2 Å². The highest BCUT2D eigenvalue weighted by molar-refractivity contribution is 5.76. The Balaban J connectivity index is 1.49. The second-order valence-corrected chi connectivity index (χ2v) is 6.41. The molecule has 1 aromatic rings. The van der Waals surface area contributed by atoms with E-state index >= 15 is 0 Å². The monoisotopic (exact) mass is 275 g/mol. The van der Waals surface area contributed by atoms with Crippen LogP contribution in [0.3, 0.4) is 0 Å². The lowest BCUT2D eigenvalue weighted by Crippen LogP contribution is -2.28. The lowest BCUT2D eigenvalue weighted by molar-refractivity contribution is -0.130. The van der Waals surface area contributed by atoms with Gasteiger partial charge in [-0.25, -0.2) is 4.98 Å². The second kappa shape index (κ2) is 5.98. The van der Waals surface area contributed by atoms with Gasteiger partial charge in [-0.1, -0.05) is 25.7 Å². The molecule has 0 aromatic carbocycles. The van der Waals surface area contributed by atoms with Crippen LogP contribution in [0.25, 0.3) is 0 Å². The van der Waals surface area contributed by atoms with E-state index < -0.39 is 0 Å². The van der Waals surface area contributed by atoms with Gasteiger partial charge in [0, 0.05) is 44.9 Å². The molecule has 4 nitrogen and oxygen atoms in total. The van der Waals surface area contributed by atoms with Crippen molar-refractivity contribution in [3.8, 4) is 0 Å². The maximum atomic E-state index is 12.3. The fourth-order valence-electron chi connectivity index (χ4n) is 3.75. The summed E-state index contributed by atoms with van der Waals surface area (Å²) in [6.07, 6.45) is 12.1. The molecule has 1 atom stereocenters. The lowest BCUT2D eigenvalue weighted by Gasteiger charge is -2.17.